The van der Waals surface area contributed by atoms with E-state index in [1.165, 1.54) is 0 Å². The van der Waals surface area contributed by atoms with Crippen molar-refractivity contribution in [1.82, 2.24) is 4.90 Å². The highest BCUT2D eigenvalue weighted by Gasteiger charge is 2.14. The molecule has 1 unspecified atom stereocenters. The zero-order chi connectivity index (χ0) is 18.2. The monoisotopic (exact) mass is 340 g/mol. The lowest BCUT2D eigenvalue weighted by Gasteiger charge is -2.18. The third-order valence-corrected chi connectivity index (χ3v) is 4.03. The number of anilines is 1. The van der Waals surface area contributed by atoms with E-state index in [0.29, 0.717) is 29.9 Å². The van der Waals surface area contributed by atoms with E-state index in [2.05, 4.69) is 5.32 Å². The van der Waals surface area contributed by atoms with Crippen molar-refractivity contribution in [3.8, 4) is 0 Å². The van der Waals surface area contributed by atoms with Crippen LogP contribution in [0.3, 0.4) is 0 Å². The average Bonchev–Trinajstić information content (AvgIpc) is 2.64. The van der Waals surface area contributed by atoms with Crippen molar-refractivity contribution in [3.05, 3.63) is 65.7 Å². The first-order valence-electron chi connectivity index (χ1n) is 8.47. The van der Waals surface area contributed by atoms with Crippen molar-refractivity contribution in [2.45, 2.75) is 26.4 Å². The van der Waals surface area contributed by atoms with Crippen LogP contribution in [-0.4, -0.2) is 34.9 Å². The highest BCUT2D eigenvalue weighted by molar-refractivity contribution is 5.95. The number of amides is 2. The fourth-order valence-corrected chi connectivity index (χ4v) is 2.57. The van der Waals surface area contributed by atoms with E-state index < -0.39 is 6.10 Å². The van der Waals surface area contributed by atoms with Crippen molar-refractivity contribution in [1.29, 1.82) is 0 Å². The van der Waals surface area contributed by atoms with E-state index in [0.717, 1.165) is 0 Å². The van der Waals surface area contributed by atoms with Gasteiger partial charge in [-0.25, -0.2) is 0 Å². The van der Waals surface area contributed by atoms with E-state index in [1.54, 1.807) is 41.3 Å². The Morgan fingerprint density at radius 2 is 1.60 bits per heavy atom. The second-order valence-electron chi connectivity index (χ2n) is 5.73. The number of nitrogens with one attached hydrogen (secondary N) is 1. The normalized spacial score (nSPS) is 11.6. The predicted octanol–water partition coefficient (Wildman–Crippen LogP) is 3.23. The lowest BCUT2D eigenvalue weighted by Crippen LogP contribution is -2.30. The number of aliphatic hydroxyl groups is 1. The molecule has 2 amide bonds. The average molecular weight is 340 g/mol. The van der Waals surface area contributed by atoms with Gasteiger partial charge in [-0.1, -0.05) is 30.3 Å². The molecule has 25 heavy (non-hydrogen) atoms. The van der Waals surface area contributed by atoms with Crippen LogP contribution in [0.2, 0.25) is 0 Å². The number of hydrogen-bond acceptors (Lipinski definition) is 3. The highest BCUT2D eigenvalue weighted by Crippen LogP contribution is 2.18. The molecule has 0 fully saturated rings. The maximum Gasteiger partial charge on any atom is 0.253 e. The zero-order valence-electron chi connectivity index (χ0n) is 14.6. The molecule has 2 aromatic carbocycles. The molecule has 0 heterocycles. The van der Waals surface area contributed by atoms with Crippen LogP contribution in [0.4, 0.5) is 5.69 Å². The Morgan fingerprint density at radius 1 is 1.00 bits per heavy atom. The van der Waals surface area contributed by atoms with Gasteiger partial charge in [0.15, 0.2) is 0 Å². The summed E-state index contributed by atoms with van der Waals surface area (Å²) in [5.41, 5.74) is 1.89. The van der Waals surface area contributed by atoms with Crippen LogP contribution < -0.4 is 5.32 Å². The molecule has 2 aromatic rings. The summed E-state index contributed by atoms with van der Waals surface area (Å²) in [7, 11) is 0. The SMILES string of the molecule is CCN(CC)C(=O)c1ccc(NC(=O)CC(O)c2ccccc2)cc1. The molecule has 0 aromatic heterocycles. The van der Waals surface area contributed by atoms with E-state index in [-0.39, 0.29) is 18.2 Å². The van der Waals surface area contributed by atoms with Crippen molar-refractivity contribution in [3.63, 3.8) is 0 Å². The quantitative estimate of drug-likeness (QED) is 0.813. The Bertz CT molecular complexity index is 695. The first-order valence-corrected chi connectivity index (χ1v) is 8.47. The van der Waals surface area contributed by atoms with Crippen LogP contribution in [0.15, 0.2) is 54.6 Å². The molecule has 2 N–H and O–H groups in total. The Hall–Kier alpha value is -2.66. The van der Waals surface area contributed by atoms with Crippen LogP contribution in [0.5, 0.6) is 0 Å². The van der Waals surface area contributed by atoms with Gasteiger partial charge in [-0.05, 0) is 43.7 Å². The Labute approximate surface area is 148 Å². The number of benzene rings is 2. The highest BCUT2D eigenvalue weighted by atomic mass is 16.3. The maximum atomic E-state index is 12.2. The lowest BCUT2D eigenvalue weighted by atomic mass is 10.1. The summed E-state index contributed by atoms with van der Waals surface area (Å²) in [4.78, 5) is 26.1. The van der Waals surface area contributed by atoms with Gasteiger partial charge in [0.25, 0.3) is 5.91 Å². The van der Waals surface area contributed by atoms with Crippen molar-refractivity contribution >= 4 is 17.5 Å². The summed E-state index contributed by atoms with van der Waals surface area (Å²) in [6.45, 7) is 5.19. The molecule has 0 bridgehead atoms. The fourth-order valence-electron chi connectivity index (χ4n) is 2.57. The van der Waals surface area contributed by atoms with Gasteiger partial charge < -0.3 is 15.3 Å². The summed E-state index contributed by atoms with van der Waals surface area (Å²) in [5.74, 6) is -0.304. The van der Waals surface area contributed by atoms with Crippen LogP contribution >= 0.6 is 0 Å². The fraction of sp³-hybridized carbons (Fsp3) is 0.300. The second kappa shape index (κ2) is 8.99. The van der Waals surface area contributed by atoms with E-state index in [4.69, 9.17) is 0 Å². The molecule has 0 saturated carbocycles. The molecule has 0 radical (unpaired) electrons. The summed E-state index contributed by atoms with van der Waals surface area (Å²) in [6.07, 6.45) is -0.867. The van der Waals surface area contributed by atoms with Gasteiger partial charge in [0.05, 0.1) is 12.5 Å². The number of rotatable bonds is 7. The smallest absolute Gasteiger partial charge is 0.253 e. The van der Waals surface area contributed by atoms with Gasteiger partial charge in [0.2, 0.25) is 5.91 Å². The van der Waals surface area contributed by atoms with Gasteiger partial charge in [0.1, 0.15) is 0 Å². The topological polar surface area (TPSA) is 69.6 Å². The summed E-state index contributed by atoms with van der Waals surface area (Å²) >= 11 is 0. The summed E-state index contributed by atoms with van der Waals surface area (Å²) in [6, 6.07) is 15.9. The molecular formula is C20H24N2O3. The van der Waals surface area contributed by atoms with Gasteiger partial charge >= 0.3 is 0 Å². The third-order valence-electron chi connectivity index (χ3n) is 4.03. The summed E-state index contributed by atoms with van der Waals surface area (Å²) < 4.78 is 0. The molecule has 132 valence electrons. The van der Waals surface area contributed by atoms with Gasteiger partial charge in [0, 0.05) is 24.3 Å². The number of carbonyl (C=O) groups excluding carboxylic acids is 2. The van der Waals surface area contributed by atoms with Crippen LogP contribution in [0.1, 0.15) is 42.3 Å². The minimum absolute atomic E-state index is 0.0237. The first kappa shape index (κ1) is 18.7. The van der Waals surface area contributed by atoms with Crippen LogP contribution in [0.25, 0.3) is 0 Å². The standard InChI is InChI=1S/C20H24N2O3/c1-3-22(4-2)20(25)16-10-12-17(13-11-16)21-19(24)14-18(23)15-8-6-5-7-9-15/h5-13,18,23H,3-4,14H2,1-2H3,(H,21,24). The molecule has 2 rings (SSSR count). The molecule has 5 heteroatoms. The molecule has 0 saturated heterocycles. The minimum Gasteiger partial charge on any atom is -0.388 e. The van der Waals surface area contributed by atoms with E-state index >= 15 is 0 Å². The number of hydrogen-bond donors (Lipinski definition) is 2. The Kier molecular flexibility index (Phi) is 6.71. The van der Waals surface area contributed by atoms with Crippen LogP contribution in [0, 0.1) is 0 Å². The van der Waals surface area contributed by atoms with Gasteiger partial charge in [-0.2, -0.15) is 0 Å². The lowest BCUT2D eigenvalue weighted by molar-refractivity contribution is -0.118. The van der Waals surface area contributed by atoms with Gasteiger partial charge in [-0.15, -0.1) is 0 Å². The van der Waals surface area contributed by atoms with E-state index in [9.17, 15) is 14.7 Å². The number of aliphatic hydroxyl groups excluding tert-OH is 1. The number of nitrogens with zero attached hydrogens (tertiary/aromatic N) is 1. The molecule has 1 atom stereocenters. The van der Waals surface area contributed by atoms with Crippen LogP contribution in [-0.2, 0) is 4.79 Å². The maximum absolute atomic E-state index is 12.2. The Balaban J connectivity index is 1.94. The summed E-state index contributed by atoms with van der Waals surface area (Å²) in [5, 5.41) is 12.8. The second-order valence-corrected chi connectivity index (χ2v) is 5.73. The first-order chi connectivity index (χ1) is 12.0. The van der Waals surface area contributed by atoms with E-state index in [1.807, 2.05) is 32.0 Å². The zero-order valence-corrected chi connectivity index (χ0v) is 14.6. The molecule has 0 aliphatic carbocycles. The predicted molar refractivity (Wildman–Crippen MR) is 98.3 cm³/mol. The van der Waals surface area contributed by atoms with Gasteiger partial charge in [-0.3, -0.25) is 9.59 Å². The largest absolute Gasteiger partial charge is 0.388 e. The van der Waals surface area contributed by atoms with Crippen molar-refractivity contribution in [2.24, 2.45) is 0 Å². The molecule has 0 aliphatic heterocycles. The molecular weight excluding hydrogens is 316 g/mol. The molecule has 5 nitrogen and oxygen atoms in total. The van der Waals surface area contributed by atoms with Crippen molar-refractivity contribution in [2.75, 3.05) is 18.4 Å². The molecule has 0 spiro atoms. The number of carbonyl (C=O) groups is 2. The Morgan fingerprint density at radius 3 is 2.16 bits per heavy atom. The molecule has 0 aliphatic rings. The third kappa shape index (κ3) is 5.16. The van der Waals surface area contributed by atoms with Crippen molar-refractivity contribution < 1.29 is 14.7 Å². The minimum atomic E-state index is -0.843.